The van der Waals surface area contributed by atoms with Crippen LogP contribution in [0.1, 0.15) is 0 Å². The Balaban J connectivity index is 1.88. The van der Waals surface area contributed by atoms with Crippen LogP contribution in [0.2, 0.25) is 0 Å². The summed E-state index contributed by atoms with van der Waals surface area (Å²) in [6.07, 6.45) is 0. The van der Waals surface area contributed by atoms with Gasteiger partial charge >= 0.3 is 0 Å². The Bertz CT molecular complexity index is 574. The van der Waals surface area contributed by atoms with Crippen molar-refractivity contribution < 1.29 is 9.18 Å². The first kappa shape index (κ1) is 14.1. The van der Waals surface area contributed by atoms with Gasteiger partial charge < -0.3 is 5.32 Å². The van der Waals surface area contributed by atoms with Crippen molar-refractivity contribution >= 4 is 39.3 Å². The molecule has 0 aliphatic carbocycles. The molecule has 0 aliphatic rings. The van der Waals surface area contributed by atoms with E-state index in [9.17, 15) is 9.18 Å². The smallest absolute Gasteiger partial charge is 0.234 e. The molecule has 1 amide bonds. The van der Waals surface area contributed by atoms with E-state index in [4.69, 9.17) is 0 Å². The summed E-state index contributed by atoms with van der Waals surface area (Å²) in [7, 11) is 0. The van der Waals surface area contributed by atoms with E-state index in [1.165, 1.54) is 23.9 Å². The van der Waals surface area contributed by atoms with E-state index in [2.05, 4.69) is 21.2 Å². The second-order valence-corrected chi connectivity index (χ2v) is 5.74. The number of anilines is 1. The highest BCUT2D eigenvalue weighted by Gasteiger charge is 2.06. The van der Waals surface area contributed by atoms with Crippen molar-refractivity contribution in [3.63, 3.8) is 0 Å². The average Bonchev–Trinajstić information content (AvgIpc) is 2.41. The number of thioether (sulfide) groups is 1. The Morgan fingerprint density at radius 3 is 2.53 bits per heavy atom. The zero-order chi connectivity index (χ0) is 13.7. The summed E-state index contributed by atoms with van der Waals surface area (Å²) in [6.45, 7) is 0. The van der Waals surface area contributed by atoms with Gasteiger partial charge in [-0.25, -0.2) is 4.39 Å². The van der Waals surface area contributed by atoms with Crippen LogP contribution in [-0.4, -0.2) is 11.7 Å². The van der Waals surface area contributed by atoms with Crippen LogP contribution in [0.15, 0.2) is 57.9 Å². The van der Waals surface area contributed by atoms with Gasteiger partial charge in [-0.3, -0.25) is 4.79 Å². The van der Waals surface area contributed by atoms with Crippen LogP contribution in [0.25, 0.3) is 0 Å². The molecule has 0 saturated carbocycles. The van der Waals surface area contributed by atoms with Crippen LogP contribution in [0.5, 0.6) is 0 Å². The summed E-state index contributed by atoms with van der Waals surface area (Å²) in [4.78, 5) is 12.7. The highest BCUT2D eigenvalue weighted by atomic mass is 79.9. The Morgan fingerprint density at radius 2 is 1.84 bits per heavy atom. The molecule has 5 heteroatoms. The van der Waals surface area contributed by atoms with Crippen LogP contribution in [-0.2, 0) is 4.79 Å². The summed E-state index contributed by atoms with van der Waals surface area (Å²) in [5.41, 5.74) is 0.212. The third-order valence-electron chi connectivity index (χ3n) is 2.33. The second kappa shape index (κ2) is 6.73. The summed E-state index contributed by atoms with van der Waals surface area (Å²) < 4.78 is 14.3. The average molecular weight is 340 g/mol. The molecular weight excluding hydrogens is 329 g/mol. The van der Waals surface area contributed by atoms with Crippen LogP contribution >= 0.6 is 27.7 Å². The van der Waals surface area contributed by atoms with Gasteiger partial charge in [0.05, 0.1) is 11.4 Å². The van der Waals surface area contributed by atoms with E-state index in [-0.39, 0.29) is 17.3 Å². The third kappa shape index (κ3) is 4.36. The number of amides is 1. The van der Waals surface area contributed by atoms with E-state index >= 15 is 0 Å². The molecule has 19 heavy (non-hydrogen) atoms. The van der Waals surface area contributed by atoms with Crippen LogP contribution < -0.4 is 5.32 Å². The zero-order valence-corrected chi connectivity index (χ0v) is 12.3. The standard InChI is InChI=1S/C14H11BrFNOS/c15-10-5-7-11(8-6-10)19-9-14(18)17-13-4-2-1-3-12(13)16/h1-8H,9H2,(H,17,18). The number of nitrogens with one attached hydrogen (secondary N) is 1. The molecule has 0 aliphatic heterocycles. The van der Waals surface area contributed by atoms with E-state index in [0.717, 1.165) is 9.37 Å². The Morgan fingerprint density at radius 1 is 1.16 bits per heavy atom. The fraction of sp³-hybridized carbons (Fsp3) is 0.0714. The van der Waals surface area contributed by atoms with Crippen LogP contribution in [0, 0.1) is 5.82 Å². The van der Waals surface area contributed by atoms with Gasteiger partial charge in [0, 0.05) is 9.37 Å². The topological polar surface area (TPSA) is 29.1 Å². The van der Waals surface area contributed by atoms with E-state index in [1.54, 1.807) is 12.1 Å². The number of carbonyl (C=O) groups is 1. The van der Waals surface area contributed by atoms with Gasteiger partial charge in [0.25, 0.3) is 0 Å². The lowest BCUT2D eigenvalue weighted by atomic mass is 10.3. The number of halogens is 2. The Labute approximate surface area is 123 Å². The minimum absolute atomic E-state index is 0.212. The fourth-order valence-electron chi connectivity index (χ4n) is 1.43. The minimum Gasteiger partial charge on any atom is -0.323 e. The molecule has 0 radical (unpaired) electrons. The van der Waals surface area contributed by atoms with E-state index in [1.807, 2.05) is 24.3 Å². The first-order valence-electron chi connectivity index (χ1n) is 5.58. The maximum Gasteiger partial charge on any atom is 0.234 e. The quantitative estimate of drug-likeness (QED) is 0.840. The van der Waals surface area contributed by atoms with Gasteiger partial charge in [0.15, 0.2) is 0 Å². The fourth-order valence-corrected chi connectivity index (χ4v) is 2.39. The molecule has 2 nitrogen and oxygen atoms in total. The molecule has 0 heterocycles. The molecular formula is C14H11BrFNOS. The molecule has 0 saturated heterocycles. The molecule has 0 bridgehead atoms. The predicted molar refractivity (Wildman–Crippen MR) is 79.9 cm³/mol. The normalized spacial score (nSPS) is 10.2. The molecule has 0 spiro atoms. The highest BCUT2D eigenvalue weighted by Crippen LogP contribution is 2.21. The second-order valence-electron chi connectivity index (χ2n) is 3.77. The van der Waals surface area contributed by atoms with Gasteiger partial charge in [-0.2, -0.15) is 0 Å². The molecule has 0 atom stereocenters. The monoisotopic (exact) mass is 339 g/mol. The minimum atomic E-state index is -0.426. The summed E-state index contributed by atoms with van der Waals surface area (Å²) in [5, 5.41) is 2.55. The molecule has 0 unspecified atom stereocenters. The maximum atomic E-state index is 13.3. The summed E-state index contributed by atoms with van der Waals surface area (Å²) in [6, 6.07) is 13.8. The van der Waals surface area contributed by atoms with Gasteiger partial charge in [-0.05, 0) is 36.4 Å². The number of carbonyl (C=O) groups excluding carboxylic acids is 1. The first-order chi connectivity index (χ1) is 9.15. The molecule has 1 N–H and O–H groups in total. The van der Waals surface area contributed by atoms with E-state index in [0.29, 0.717) is 0 Å². The van der Waals surface area contributed by atoms with Gasteiger partial charge in [0.1, 0.15) is 5.82 Å². The van der Waals surface area contributed by atoms with E-state index < -0.39 is 5.82 Å². The van der Waals surface area contributed by atoms with Gasteiger partial charge in [-0.15, -0.1) is 11.8 Å². The van der Waals surface area contributed by atoms with Crippen molar-refractivity contribution in [1.29, 1.82) is 0 Å². The molecule has 0 aromatic heterocycles. The first-order valence-corrected chi connectivity index (χ1v) is 7.36. The number of benzene rings is 2. The van der Waals surface area contributed by atoms with Gasteiger partial charge in [0.2, 0.25) is 5.91 Å². The van der Waals surface area contributed by atoms with Crippen molar-refractivity contribution in [3.8, 4) is 0 Å². The van der Waals surface area contributed by atoms with Crippen molar-refractivity contribution in [2.75, 3.05) is 11.1 Å². The Hall–Kier alpha value is -1.33. The number of hydrogen-bond donors (Lipinski definition) is 1. The maximum absolute atomic E-state index is 13.3. The molecule has 98 valence electrons. The lowest BCUT2D eigenvalue weighted by molar-refractivity contribution is -0.113. The SMILES string of the molecule is O=C(CSc1ccc(Br)cc1)Nc1ccccc1F. The molecule has 2 aromatic rings. The van der Waals surface area contributed by atoms with Crippen molar-refractivity contribution in [1.82, 2.24) is 0 Å². The third-order valence-corrected chi connectivity index (χ3v) is 3.87. The lowest BCUT2D eigenvalue weighted by Gasteiger charge is -2.06. The van der Waals surface area contributed by atoms with Crippen molar-refractivity contribution in [2.45, 2.75) is 4.90 Å². The Kier molecular flexibility index (Phi) is 4.99. The summed E-state index contributed by atoms with van der Waals surface area (Å²) in [5.74, 6) is -0.404. The zero-order valence-electron chi connectivity index (χ0n) is 9.90. The highest BCUT2D eigenvalue weighted by molar-refractivity contribution is 9.10. The van der Waals surface area contributed by atoms with Gasteiger partial charge in [-0.1, -0.05) is 28.1 Å². The van der Waals surface area contributed by atoms with Crippen molar-refractivity contribution in [2.24, 2.45) is 0 Å². The number of rotatable bonds is 4. The van der Waals surface area contributed by atoms with Crippen molar-refractivity contribution in [3.05, 3.63) is 58.8 Å². The predicted octanol–water partition coefficient (Wildman–Crippen LogP) is 4.32. The number of para-hydroxylation sites is 1. The molecule has 2 aromatic carbocycles. The van der Waals surface area contributed by atoms with Crippen LogP contribution in [0.3, 0.4) is 0 Å². The largest absolute Gasteiger partial charge is 0.323 e. The molecule has 0 fully saturated rings. The lowest BCUT2D eigenvalue weighted by Crippen LogP contribution is -2.14. The van der Waals surface area contributed by atoms with Crippen LogP contribution in [0.4, 0.5) is 10.1 Å². The number of hydrogen-bond acceptors (Lipinski definition) is 2. The summed E-state index contributed by atoms with van der Waals surface area (Å²) >= 11 is 4.75. The molecule has 2 rings (SSSR count).